The number of aromatic nitrogens is 3. The predicted molar refractivity (Wildman–Crippen MR) is 80.3 cm³/mol. The molecular formula is C16H29N3O. The third-order valence-electron chi connectivity index (χ3n) is 4.83. The number of aliphatic hydroxyl groups excluding tert-OH is 1. The number of hydrogen-bond acceptors (Lipinski definition) is 3. The topological polar surface area (TPSA) is 50.9 Å². The summed E-state index contributed by atoms with van der Waals surface area (Å²) in [7, 11) is 0. The van der Waals surface area contributed by atoms with Gasteiger partial charge in [0.2, 0.25) is 0 Å². The summed E-state index contributed by atoms with van der Waals surface area (Å²) in [4.78, 5) is 4.30. The van der Waals surface area contributed by atoms with Crippen LogP contribution in [0.15, 0.2) is 6.33 Å². The number of nitrogens with zero attached hydrogens (tertiary/aromatic N) is 3. The Labute approximate surface area is 122 Å². The van der Waals surface area contributed by atoms with Gasteiger partial charge in [-0.1, -0.05) is 20.8 Å². The number of aryl methyl sites for hydroxylation is 1. The van der Waals surface area contributed by atoms with E-state index in [9.17, 15) is 5.11 Å². The van der Waals surface area contributed by atoms with Crippen molar-refractivity contribution < 1.29 is 5.11 Å². The van der Waals surface area contributed by atoms with E-state index >= 15 is 0 Å². The van der Waals surface area contributed by atoms with E-state index in [1.54, 1.807) is 6.33 Å². The molecule has 1 saturated carbocycles. The Morgan fingerprint density at radius 3 is 2.50 bits per heavy atom. The second-order valence-corrected chi connectivity index (χ2v) is 6.59. The minimum Gasteiger partial charge on any atom is -0.392 e. The molecule has 0 amide bonds. The van der Waals surface area contributed by atoms with Crippen LogP contribution in [0.1, 0.15) is 58.7 Å². The summed E-state index contributed by atoms with van der Waals surface area (Å²) in [6, 6.07) is 0. The number of rotatable bonds is 6. The molecular weight excluding hydrogens is 250 g/mol. The fourth-order valence-corrected chi connectivity index (χ4v) is 3.39. The molecule has 1 aromatic rings. The van der Waals surface area contributed by atoms with E-state index in [4.69, 9.17) is 0 Å². The van der Waals surface area contributed by atoms with Gasteiger partial charge in [-0.25, -0.2) is 4.98 Å². The van der Waals surface area contributed by atoms with Crippen LogP contribution in [0.4, 0.5) is 0 Å². The minimum absolute atomic E-state index is 0.261. The molecule has 0 aromatic carbocycles. The average molecular weight is 279 g/mol. The van der Waals surface area contributed by atoms with Crippen LogP contribution < -0.4 is 0 Å². The van der Waals surface area contributed by atoms with Gasteiger partial charge in [-0.15, -0.1) is 0 Å². The fourth-order valence-electron chi connectivity index (χ4n) is 3.39. The molecule has 1 aromatic heterocycles. The van der Waals surface area contributed by atoms with E-state index in [1.165, 1.54) is 12.8 Å². The monoisotopic (exact) mass is 279 g/mol. The standard InChI is InChI=1S/C16H29N3O/c1-4-9-19-16(17-11-18-19)10-15(20)14-7-5-13(6-8-14)12(2)3/h11-15,20H,4-10H2,1-3H3. The Kier molecular flexibility index (Phi) is 5.58. The van der Waals surface area contributed by atoms with Gasteiger partial charge in [0.15, 0.2) is 0 Å². The molecule has 114 valence electrons. The molecule has 4 heteroatoms. The van der Waals surface area contributed by atoms with Crippen LogP contribution in [-0.2, 0) is 13.0 Å². The van der Waals surface area contributed by atoms with Crippen molar-refractivity contribution >= 4 is 0 Å². The Morgan fingerprint density at radius 2 is 1.90 bits per heavy atom. The zero-order valence-electron chi connectivity index (χ0n) is 13.1. The zero-order chi connectivity index (χ0) is 14.5. The van der Waals surface area contributed by atoms with E-state index in [-0.39, 0.29) is 6.10 Å². The molecule has 1 unspecified atom stereocenters. The maximum Gasteiger partial charge on any atom is 0.138 e. The molecule has 4 nitrogen and oxygen atoms in total. The summed E-state index contributed by atoms with van der Waals surface area (Å²) < 4.78 is 1.93. The fraction of sp³-hybridized carbons (Fsp3) is 0.875. The first kappa shape index (κ1) is 15.5. The molecule has 0 spiro atoms. The SMILES string of the molecule is CCCn1ncnc1CC(O)C1CCC(C(C)C)CC1. The summed E-state index contributed by atoms with van der Waals surface area (Å²) in [6.07, 6.45) is 7.89. The average Bonchev–Trinajstić information content (AvgIpc) is 2.86. The van der Waals surface area contributed by atoms with Crippen LogP contribution in [0.25, 0.3) is 0 Å². The van der Waals surface area contributed by atoms with Gasteiger partial charge in [0.05, 0.1) is 6.10 Å². The van der Waals surface area contributed by atoms with Crippen molar-refractivity contribution in [2.75, 3.05) is 0 Å². The van der Waals surface area contributed by atoms with Crippen molar-refractivity contribution in [3.05, 3.63) is 12.2 Å². The molecule has 2 rings (SSSR count). The van der Waals surface area contributed by atoms with Gasteiger partial charge in [-0.3, -0.25) is 4.68 Å². The number of hydrogen-bond donors (Lipinski definition) is 1. The van der Waals surface area contributed by atoms with Crippen molar-refractivity contribution in [1.82, 2.24) is 14.8 Å². The lowest BCUT2D eigenvalue weighted by Gasteiger charge is -2.33. The molecule has 1 heterocycles. The maximum absolute atomic E-state index is 10.5. The van der Waals surface area contributed by atoms with Crippen LogP contribution in [0.5, 0.6) is 0 Å². The summed E-state index contributed by atoms with van der Waals surface area (Å²) in [5.41, 5.74) is 0. The van der Waals surface area contributed by atoms with E-state index in [0.29, 0.717) is 12.3 Å². The van der Waals surface area contributed by atoms with Crippen molar-refractivity contribution in [3.63, 3.8) is 0 Å². The molecule has 0 saturated heterocycles. The summed E-state index contributed by atoms with van der Waals surface area (Å²) in [5, 5.41) is 14.7. The van der Waals surface area contributed by atoms with Gasteiger partial charge in [-0.05, 0) is 49.9 Å². The van der Waals surface area contributed by atoms with E-state index in [1.807, 2.05) is 4.68 Å². The number of aliphatic hydroxyl groups is 1. The highest BCUT2D eigenvalue weighted by Crippen LogP contribution is 2.35. The summed E-state index contributed by atoms with van der Waals surface area (Å²) in [5.74, 6) is 3.00. The Hall–Kier alpha value is -0.900. The van der Waals surface area contributed by atoms with E-state index < -0.39 is 0 Å². The highest BCUT2D eigenvalue weighted by molar-refractivity contribution is 4.90. The highest BCUT2D eigenvalue weighted by atomic mass is 16.3. The first-order valence-electron chi connectivity index (χ1n) is 8.16. The lowest BCUT2D eigenvalue weighted by Crippen LogP contribution is -2.29. The molecule has 1 aliphatic rings. The van der Waals surface area contributed by atoms with E-state index in [2.05, 4.69) is 30.9 Å². The van der Waals surface area contributed by atoms with Crippen LogP contribution >= 0.6 is 0 Å². The van der Waals surface area contributed by atoms with Gasteiger partial charge in [-0.2, -0.15) is 5.10 Å². The van der Waals surface area contributed by atoms with Crippen molar-refractivity contribution in [1.29, 1.82) is 0 Å². The van der Waals surface area contributed by atoms with Crippen molar-refractivity contribution in [2.45, 2.75) is 71.9 Å². The van der Waals surface area contributed by atoms with Crippen molar-refractivity contribution in [2.24, 2.45) is 17.8 Å². The van der Waals surface area contributed by atoms with E-state index in [0.717, 1.165) is 43.5 Å². The third kappa shape index (κ3) is 3.81. The second-order valence-electron chi connectivity index (χ2n) is 6.59. The Morgan fingerprint density at radius 1 is 1.25 bits per heavy atom. The summed E-state index contributed by atoms with van der Waals surface area (Å²) in [6.45, 7) is 7.65. The molecule has 0 bridgehead atoms. The molecule has 1 atom stereocenters. The van der Waals surface area contributed by atoms with Crippen LogP contribution in [0.3, 0.4) is 0 Å². The molecule has 0 aliphatic heterocycles. The van der Waals surface area contributed by atoms with Crippen LogP contribution in [0, 0.1) is 17.8 Å². The summed E-state index contributed by atoms with van der Waals surface area (Å²) >= 11 is 0. The predicted octanol–water partition coefficient (Wildman–Crippen LogP) is 3.05. The smallest absolute Gasteiger partial charge is 0.138 e. The first-order valence-corrected chi connectivity index (χ1v) is 8.16. The second kappa shape index (κ2) is 7.21. The van der Waals surface area contributed by atoms with Gasteiger partial charge in [0, 0.05) is 13.0 Å². The maximum atomic E-state index is 10.5. The lowest BCUT2D eigenvalue weighted by atomic mass is 9.75. The third-order valence-corrected chi connectivity index (χ3v) is 4.83. The molecule has 1 aliphatic carbocycles. The van der Waals surface area contributed by atoms with Crippen LogP contribution in [-0.4, -0.2) is 26.0 Å². The van der Waals surface area contributed by atoms with Gasteiger partial charge in [0.25, 0.3) is 0 Å². The Bertz CT molecular complexity index is 394. The lowest BCUT2D eigenvalue weighted by molar-refractivity contribution is 0.0652. The largest absolute Gasteiger partial charge is 0.392 e. The quantitative estimate of drug-likeness (QED) is 0.870. The zero-order valence-corrected chi connectivity index (χ0v) is 13.1. The molecule has 0 radical (unpaired) electrons. The first-order chi connectivity index (χ1) is 9.61. The van der Waals surface area contributed by atoms with Crippen LogP contribution in [0.2, 0.25) is 0 Å². The molecule has 1 fully saturated rings. The van der Waals surface area contributed by atoms with Crippen molar-refractivity contribution in [3.8, 4) is 0 Å². The Balaban J connectivity index is 1.86. The highest BCUT2D eigenvalue weighted by Gasteiger charge is 2.28. The normalized spacial score (nSPS) is 25.1. The van der Waals surface area contributed by atoms with Gasteiger partial charge >= 0.3 is 0 Å². The van der Waals surface area contributed by atoms with Gasteiger partial charge in [0.1, 0.15) is 12.2 Å². The minimum atomic E-state index is -0.261. The van der Waals surface area contributed by atoms with Gasteiger partial charge < -0.3 is 5.11 Å². The molecule has 20 heavy (non-hydrogen) atoms. The molecule has 1 N–H and O–H groups in total.